The van der Waals surface area contributed by atoms with Gasteiger partial charge in [0, 0.05) is 16.1 Å². The number of ether oxygens (including phenoxy) is 1. The van der Waals surface area contributed by atoms with Crippen LogP contribution in [0.4, 0.5) is 5.69 Å². The van der Waals surface area contributed by atoms with Crippen LogP contribution in [0.15, 0.2) is 45.3 Å². The van der Waals surface area contributed by atoms with E-state index in [1.54, 1.807) is 18.2 Å². The van der Waals surface area contributed by atoms with E-state index in [1.807, 2.05) is 0 Å². The lowest BCUT2D eigenvalue weighted by molar-refractivity contribution is -0.385. The molecular weight excluding hydrogens is 394 g/mol. The van der Waals surface area contributed by atoms with E-state index in [4.69, 9.17) is 4.74 Å². The summed E-state index contributed by atoms with van der Waals surface area (Å²) < 4.78 is 7.03. The van der Waals surface area contributed by atoms with Crippen molar-refractivity contribution in [3.05, 3.63) is 61.0 Å². The second kappa shape index (κ2) is 6.15. The van der Waals surface area contributed by atoms with Crippen LogP contribution in [0.25, 0.3) is 0 Å². The maximum Gasteiger partial charge on any atom is 0.312 e. The molecule has 7 heteroatoms. The van der Waals surface area contributed by atoms with Gasteiger partial charge in [0.05, 0.1) is 9.40 Å². The largest absolute Gasteiger partial charge is 0.449 e. The molecule has 2 aromatic carbocycles. The fourth-order valence-corrected chi connectivity index (χ4v) is 2.64. The molecule has 5 nitrogen and oxygen atoms in total. The van der Waals surface area contributed by atoms with Crippen LogP contribution in [0.2, 0.25) is 0 Å². The Morgan fingerprint density at radius 2 is 1.80 bits per heavy atom. The number of nitrogens with zero attached hydrogens (tertiary/aromatic N) is 1. The Hall–Kier alpha value is -1.73. The highest BCUT2D eigenvalue weighted by molar-refractivity contribution is 9.11. The van der Waals surface area contributed by atoms with Gasteiger partial charge >= 0.3 is 5.69 Å². The lowest BCUT2D eigenvalue weighted by Gasteiger charge is -2.08. The van der Waals surface area contributed by atoms with Crippen molar-refractivity contribution in [3.8, 4) is 11.5 Å². The van der Waals surface area contributed by atoms with Gasteiger partial charge in [0.2, 0.25) is 5.75 Å². The Kier molecular flexibility index (Phi) is 4.51. The average Bonchev–Trinajstić information content (AvgIpc) is 2.42. The van der Waals surface area contributed by atoms with Gasteiger partial charge in [-0.1, -0.05) is 15.9 Å². The smallest absolute Gasteiger partial charge is 0.312 e. The number of aldehydes is 1. The predicted octanol–water partition coefficient (Wildman–Crippen LogP) is 4.72. The molecule has 2 rings (SSSR count). The molecule has 0 amide bonds. The fraction of sp³-hybridized carbons (Fsp3) is 0. The number of benzene rings is 2. The van der Waals surface area contributed by atoms with Crippen molar-refractivity contribution in [2.24, 2.45) is 0 Å². The van der Waals surface area contributed by atoms with Gasteiger partial charge in [-0.05, 0) is 46.3 Å². The summed E-state index contributed by atoms with van der Waals surface area (Å²) in [5.74, 6) is 0.513. The molecule has 0 atom stereocenters. The Balaban J connectivity index is 2.42. The molecule has 102 valence electrons. The van der Waals surface area contributed by atoms with E-state index in [-0.39, 0.29) is 17.0 Å². The Morgan fingerprint density at radius 1 is 1.10 bits per heavy atom. The third-order valence-electron chi connectivity index (χ3n) is 2.43. The first-order chi connectivity index (χ1) is 9.51. The van der Waals surface area contributed by atoms with Crippen molar-refractivity contribution in [1.29, 1.82) is 0 Å². The molecule has 0 saturated heterocycles. The molecule has 0 saturated carbocycles. The lowest BCUT2D eigenvalue weighted by Crippen LogP contribution is -1.95. The summed E-state index contributed by atoms with van der Waals surface area (Å²) in [5, 5.41) is 11.0. The van der Waals surface area contributed by atoms with E-state index in [0.717, 1.165) is 4.47 Å². The number of nitro groups is 1. The second-order valence-electron chi connectivity index (χ2n) is 3.78. The molecule has 2 aromatic rings. The zero-order valence-corrected chi connectivity index (χ0v) is 13.0. The first-order valence-electron chi connectivity index (χ1n) is 5.38. The number of carbonyl (C=O) groups excluding carboxylic acids is 1. The number of carbonyl (C=O) groups is 1. The normalized spacial score (nSPS) is 10.1. The van der Waals surface area contributed by atoms with Gasteiger partial charge in [-0.3, -0.25) is 14.9 Å². The van der Waals surface area contributed by atoms with Gasteiger partial charge in [0.15, 0.2) is 0 Å². The monoisotopic (exact) mass is 399 g/mol. The Labute approximate surface area is 131 Å². The van der Waals surface area contributed by atoms with Crippen LogP contribution in [-0.4, -0.2) is 11.2 Å². The molecule has 20 heavy (non-hydrogen) atoms. The van der Waals surface area contributed by atoms with Crippen LogP contribution in [0, 0.1) is 10.1 Å². The molecule has 0 spiro atoms. The van der Waals surface area contributed by atoms with Gasteiger partial charge < -0.3 is 4.74 Å². The van der Waals surface area contributed by atoms with E-state index < -0.39 is 4.92 Å². The summed E-state index contributed by atoms with van der Waals surface area (Å²) in [6, 6.07) is 9.23. The summed E-state index contributed by atoms with van der Waals surface area (Å²) >= 11 is 6.62. The highest BCUT2D eigenvalue weighted by Gasteiger charge is 2.17. The summed E-state index contributed by atoms with van der Waals surface area (Å²) in [6.45, 7) is 0. The number of nitro benzene ring substituents is 1. The lowest BCUT2D eigenvalue weighted by atomic mass is 10.2. The standard InChI is InChI=1S/C13H7Br2NO4/c14-9-2-4-12(10(15)6-9)20-13-3-1-8(7-17)5-11(13)16(18)19/h1-7H. The first kappa shape index (κ1) is 14.7. The zero-order valence-electron chi connectivity index (χ0n) is 9.88. The van der Waals surface area contributed by atoms with Gasteiger partial charge in [-0.2, -0.15) is 0 Å². The van der Waals surface area contributed by atoms with Gasteiger partial charge in [0.25, 0.3) is 0 Å². The van der Waals surface area contributed by atoms with Crippen molar-refractivity contribution in [1.82, 2.24) is 0 Å². The number of rotatable bonds is 4. The van der Waals surface area contributed by atoms with Crippen LogP contribution in [0.3, 0.4) is 0 Å². The van der Waals surface area contributed by atoms with Crippen molar-refractivity contribution < 1.29 is 14.5 Å². The van der Waals surface area contributed by atoms with Crippen LogP contribution in [0.1, 0.15) is 10.4 Å². The molecule has 0 aliphatic rings. The SMILES string of the molecule is O=Cc1ccc(Oc2ccc(Br)cc2Br)c([N+](=O)[O-])c1. The van der Waals surface area contributed by atoms with E-state index in [1.165, 1.54) is 18.2 Å². The maximum absolute atomic E-state index is 11.0. The summed E-state index contributed by atoms with van der Waals surface area (Å²) in [5.41, 5.74) is -0.0386. The Bertz CT molecular complexity index is 688. The number of hydrogen-bond acceptors (Lipinski definition) is 4. The van der Waals surface area contributed by atoms with E-state index in [0.29, 0.717) is 16.5 Å². The fourth-order valence-electron chi connectivity index (χ4n) is 1.51. The highest BCUT2D eigenvalue weighted by atomic mass is 79.9. The Morgan fingerprint density at radius 3 is 2.40 bits per heavy atom. The quantitative estimate of drug-likeness (QED) is 0.422. The third-order valence-corrected chi connectivity index (χ3v) is 3.54. The summed E-state index contributed by atoms with van der Waals surface area (Å²) in [4.78, 5) is 21.1. The molecule has 0 heterocycles. The van der Waals surface area contributed by atoms with E-state index in [2.05, 4.69) is 31.9 Å². The third kappa shape index (κ3) is 3.23. The molecule has 0 aliphatic carbocycles. The minimum absolute atomic E-state index is 0.0728. The van der Waals surface area contributed by atoms with Gasteiger partial charge in [-0.15, -0.1) is 0 Å². The summed E-state index contributed by atoms with van der Waals surface area (Å²) in [6.07, 6.45) is 0.548. The van der Waals surface area contributed by atoms with Crippen LogP contribution in [0.5, 0.6) is 11.5 Å². The maximum atomic E-state index is 11.0. The van der Waals surface area contributed by atoms with E-state index >= 15 is 0 Å². The van der Waals surface area contributed by atoms with Gasteiger partial charge in [0.1, 0.15) is 12.0 Å². The van der Waals surface area contributed by atoms with Crippen molar-refractivity contribution in [2.75, 3.05) is 0 Å². The van der Waals surface area contributed by atoms with Crippen LogP contribution >= 0.6 is 31.9 Å². The van der Waals surface area contributed by atoms with Crippen molar-refractivity contribution >= 4 is 43.8 Å². The summed E-state index contributed by atoms with van der Waals surface area (Å²) in [7, 11) is 0. The zero-order chi connectivity index (χ0) is 14.7. The van der Waals surface area contributed by atoms with Gasteiger partial charge in [-0.25, -0.2) is 0 Å². The topological polar surface area (TPSA) is 69.4 Å². The molecular formula is C13H7Br2NO4. The average molecular weight is 401 g/mol. The molecule has 0 aromatic heterocycles. The van der Waals surface area contributed by atoms with E-state index in [9.17, 15) is 14.9 Å². The van der Waals surface area contributed by atoms with Crippen molar-refractivity contribution in [3.63, 3.8) is 0 Å². The molecule has 0 fully saturated rings. The molecule has 0 aliphatic heterocycles. The predicted molar refractivity (Wildman–Crippen MR) is 80.4 cm³/mol. The number of halogens is 2. The van der Waals surface area contributed by atoms with Crippen molar-refractivity contribution in [2.45, 2.75) is 0 Å². The van der Waals surface area contributed by atoms with Crippen LogP contribution in [-0.2, 0) is 0 Å². The minimum atomic E-state index is -0.588. The molecule has 0 unspecified atom stereocenters. The second-order valence-corrected chi connectivity index (χ2v) is 5.55. The molecule has 0 N–H and O–H groups in total. The minimum Gasteiger partial charge on any atom is -0.449 e. The molecule has 0 radical (unpaired) electrons. The molecule has 0 bridgehead atoms. The first-order valence-corrected chi connectivity index (χ1v) is 6.96. The highest BCUT2D eigenvalue weighted by Crippen LogP contribution is 2.36. The number of hydrogen-bond donors (Lipinski definition) is 0. The van der Waals surface area contributed by atoms with Crippen LogP contribution < -0.4 is 4.74 Å².